The smallest absolute Gasteiger partial charge is 0.274 e. The molecule has 0 bridgehead atoms. The van der Waals surface area contributed by atoms with Gasteiger partial charge in [-0.25, -0.2) is 15.0 Å². The molecule has 30 heavy (non-hydrogen) atoms. The molecule has 8 heteroatoms. The molecule has 0 spiro atoms. The van der Waals surface area contributed by atoms with Gasteiger partial charge in [0.15, 0.2) is 0 Å². The third-order valence-corrected chi connectivity index (χ3v) is 6.69. The molecule has 7 nitrogen and oxygen atoms in total. The molecule has 5 rings (SSSR count). The predicted molar refractivity (Wildman–Crippen MR) is 119 cm³/mol. The first-order valence-corrected chi connectivity index (χ1v) is 11.2. The Kier molecular flexibility index (Phi) is 5.09. The van der Waals surface area contributed by atoms with Crippen molar-refractivity contribution in [2.24, 2.45) is 0 Å². The van der Waals surface area contributed by atoms with Gasteiger partial charge in [0, 0.05) is 38.9 Å². The van der Waals surface area contributed by atoms with Crippen molar-refractivity contribution in [2.75, 3.05) is 42.4 Å². The topological polar surface area (TPSA) is 65.5 Å². The molecule has 2 saturated heterocycles. The van der Waals surface area contributed by atoms with Gasteiger partial charge in [-0.05, 0) is 43.2 Å². The highest BCUT2D eigenvalue weighted by Crippen LogP contribution is 2.40. The van der Waals surface area contributed by atoms with Crippen molar-refractivity contribution in [3.63, 3.8) is 0 Å². The van der Waals surface area contributed by atoms with Gasteiger partial charge in [-0.2, -0.15) is 0 Å². The second-order valence-electron chi connectivity index (χ2n) is 8.91. The van der Waals surface area contributed by atoms with E-state index in [0.717, 1.165) is 37.2 Å². The molecule has 3 aliphatic rings. The SMILES string of the molecule is CB1CCCN1c1cnc(C(=O)N2CCN(c3ncc(C4CC4)cc3C)CC2)cn1. The van der Waals surface area contributed by atoms with Crippen LogP contribution in [-0.4, -0.2) is 65.3 Å². The van der Waals surface area contributed by atoms with E-state index in [1.165, 1.54) is 36.7 Å². The maximum absolute atomic E-state index is 12.9. The fraction of sp³-hybridized carbons (Fsp3) is 0.545. The van der Waals surface area contributed by atoms with E-state index < -0.39 is 0 Å². The number of piperazine rings is 1. The Labute approximate surface area is 178 Å². The number of rotatable bonds is 4. The monoisotopic (exact) mass is 404 g/mol. The average molecular weight is 404 g/mol. The lowest BCUT2D eigenvalue weighted by Gasteiger charge is -2.36. The van der Waals surface area contributed by atoms with E-state index in [1.54, 1.807) is 12.4 Å². The molecule has 0 atom stereocenters. The zero-order chi connectivity index (χ0) is 20.7. The lowest BCUT2D eigenvalue weighted by molar-refractivity contribution is 0.0740. The molecule has 0 unspecified atom stereocenters. The van der Waals surface area contributed by atoms with Gasteiger partial charge < -0.3 is 14.6 Å². The number of pyridine rings is 1. The predicted octanol–water partition coefficient (Wildman–Crippen LogP) is 2.85. The quantitative estimate of drug-likeness (QED) is 0.731. The number of amides is 1. The maximum atomic E-state index is 12.9. The summed E-state index contributed by atoms with van der Waals surface area (Å²) in [6.07, 6.45) is 10.4. The number of hydrogen-bond acceptors (Lipinski definition) is 6. The van der Waals surface area contributed by atoms with E-state index in [0.29, 0.717) is 25.6 Å². The summed E-state index contributed by atoms with van der Waals surface area (Å²) in [6, 6.07) is 2.29. The Hall–Kier alpha value is -2.64. The zero-order valence-electron chi connectivity index (χ0n) is 17.9. The van der Waals surface area contributed by atoms with Crippen molar-refractivity contribution in [2.45, 2.75) is 45.2 Å². The highest BCUT2D eigenvalue weighted by Gasteiger charge is 2.28. The Balaban J connectivity index is 1.20. The van der Waals surface area contributed by atoms with E-state index in [1.807, 2.05) is 11.1 Å². The summed E-state index contributed by atoms with van der Waals surface area (Å²) in [5.74, 6) is 2.62. The lowest BCUT2D eigenvalue weighted by atomic mass is 9.63. The normalized spacial score (nSPS) is 19.5. The average Bonchev–Trinajstić information content (AvgIpc) is 3.54. The second-order valence-corrected chi connectivity index (χ2v) is 8.91. The summed E-state index contributed by atoms with van der Waals surface area (Å²) in [6.45, 7) is 8.80. The number of carbonyl (C=O) groups is 1. The minimum Gasteiger partial charge on any atom is -0.399 e. The van der Waals surface area contributed by atoms with Crippen molar-refractivity contribution in [1.29, 1.82) is 0 Å². The minimum absolute atomic E-state index is 0.0306. The fourth-order valence-electron chi connectivity index (χ4n) is 4.70. The Bertz CT molecular complexity index is 924. The third-order valence-electron chi connectivity index (χ3n) is 6.69. The second kappa shape index (κ2) is 7.89. The maximum Gasteiger partial charge on any atom is 0.274 e. The molecule has 1 aliphatic carbocycles. The van der Waals surface area contributed by atoms with E-state index in [9.17, 15) is 4.79 Å². The van der Waals surface area contributed by atoms with Crippen molar-refractivity contribution in [3.05, 3.63) is 41.5 Å². The number of anilines is 2. The summed E-state index contributed by atoms with van der Waals surface area (Å²) in [4.78, 5) is 33.0. The lowest BCUT2D eigenvalue weighted by Crippen LogP contribution is -2.49. The van der Waals surface area contributed by atoms with Crippen LogP contribution in [0.5, 0.6) is 0 Å². The van der Waals surface area contributed by atoms with Crippen molar-refractivity contribution in [3.8, 4) is 0 Å². The first kappa shape index (κ1) is 19.3. The summed E-state index contributed by atoms with van der Waals surface area (Å²) in [5.41, 5.74) is 3.04. The van der Waals surface area contributed by atoms with E-state index in [-0.39, 0.29) is 5.91 Å². The summed E-state index contributed by atoms with van der Waals surface area (Å²) in [7, 11) is 0. The molecular formula is C22H29BN6O. The van der Waals surface area contributed by atoms with Crippen LogP contribution in [0.4, 0.5) is 11.6 Å². The van der Waals surface area contributed by atoms with E-state index >= 15 is 0 Å². The van der Waals surface area contributed by atoms with Gasteiger partial charge in [-0.15, -0.1) is 0 Å². The number of hydrogen-bond donors (Lipinski definition) is 0. The summed E-state index contributed by atoms with van der Waals surface area (Å²) < 4.78 is 0. The molecule has 0 aromatic carbocycles. The van der Waals surface area contributed by atoms with Gasteiger partial charge in [-0.1, -0.05) is 19.2 Å². The van der Waals surface area contributed by atoms with Crippen molar-refractivity contribution < 1.29 is 4.79 Å². The summed E-state index contributed by atoms with van der Waals surface area (Å²) >= 11 is 0. The van der Waals surface area contributed by atoms with Crippen molar-refractivity contribution in [1.82, 2.24) is 19.9 Å². The minimum atomic E-state index is -0.0306. The standard InChI is InChI=1S/C22H29BN6O/c1-16-12-18(17-4-5-17)13-26-21(16)27-8-10-28(11-9-27)22(30)19-14-25-20(15-24-19)29-7-3-6-23(29)2/h12-15,17H,3-11H2,1-2H3. The summed E-state index contributed by atoms with van der Waals surface area (Å²) in [5, 5.41) is 0. The highest BCUT2D eigenvalue weighted by molar-refractivity contribution is 6.62. The van der Waals surface area contributed by atoms with Gasteiger partial charge in [0.25, 0.3) is 12.8 Å². The molecule has 2 aliphatic heterocycles. The number of aromatic nitrogens is 3. The van der Waals surface area contributed by atoms with Gasteiger partial charge in [0.1, 0.15) is 17.3 Å². The highest BCUT2D eigenvalue weighted by atomic mass is 16.2. The van der Waals surface area contributed by atoms with Gasteiger partial charge in [0.2, 0.25) is 0 Å². The van der Waals surface area contributed by atoms with Crippen LogP contribution >= 0.6 is 0 Å². The first-order chi connectivity index (χ1) is 14.6. The Morgan fingerprint density at radius 3 is 2.43 bits per heavy atom. The van der Waals surface area contributed by atoms with Crippen LogP contribution in [0, 0.1) is 6.92 Å². The van der Waals surface area contributed by atoms with Gasteiger partial charge in [-0.3, -0.25) is 4.79 Å². The Morgan fingerprint density at radius 2 is 1.83 bits per heavy atom. The number of nitrogens with zero attached hydrogens (tertiary/aromatic N) is 6. The van der Waals surface area contributed by atoms with Crippen LogP contribution in [0.2, 0.25) is 13.1 Å². The largest absolute Gasteiger partial charge is 0.399 e. The number of carbonyl (C=O) groups excluding carboxylic acids is 1. The molecule has 0 radical (unpaired) electrons. The van der Waals surface area contributed by atoms with Crippen LogP contribution in [-0.2, 0) is 0 Å². The van der Waals surface area contributed by atoms with Crippen LogP contribution in [0.25, 0.3) is 0 Å². The molecular weight excluding hydrogens is 375 g/mol. The molecule has 156 valence electrons. The molecule has 2 aromatic heterocycles. The van der Waals surface area contributed by atoms with Crippen LogP contribution in [0.15, 0.2) is 24.7 Å². The molecule has 1 amide bonds. The van der Waals surface area contributed by atoms with Gasteiger partial charge >= 0.3 is 0 Å². The van der Waals surface area contributed by atoms with Crippen LogP contribution in [0.1, 0.15) is 46.8 Å². The van der Waals surface area contributed by atoms with Crippen molar-refractivity contribution >= 4 is 24.4 Å². The molecule has 3 fully saturated rings. The molecule has 1 saturated carbocycles. The third kappa shape index (κ3) is 3.75. The van der Waals surface area contributed by atoms with E-state index in [4.69, 9.17) is 4.98 Å². The first-order valence-electron chi connectivity index (χ1n) is 11.2. The van der Waals surface area contributed by atoms with Crippen LogP contribution in [0.3, 0.4) is 0 Å². The zero-order valence-corrected chi connectivity index (χ0v) is 17.9. The van der Waals surface area contributed by atoms with E-state index in [2.05, 4.69) is 39.5 Å². The molecule has 0 N–H and O–H groups in total. The number of aryl methyl sites for hydroxylation is 1. The fourth-order valence-corrected chi connectivity index (χ4v) is 4.70. The molecule has 2 aromatic rings. The molecule has 4 heterocycles. The van der Waals surface area contributed by atoms with Crippen LogP contribution < -0.4 is 9.71 Å². The Morgan fingerprint density at radius 1 is 1.03 bits per heavy atom. The van der Waals surface area contributed by atoms with Gasteiger partial charge in [0.05, 0.1) is 12.4 Å².